The average Bonchev–Trinajstić information content (AvgIpc) is 2.38. The first-order valence-electron chi connectivity index (χ1n) is 5.87. The molecule has 0 fully saturated rings. The van der Waals surface area contributed by atoms with E-state index in [-0.39, 0.29) is 4.90 Å². The molecule has 0 aromatic heterocycles. The minimum Gasteiger partial charge on any atom is -0.494 e. The third kappa shape index (κ3) is 4.19. The highest BCUT2D eigenvalue weighted by Crippen LogP contribution is 2.16. The van der Waals surface area contributed by atoms with Crippen LogP contribution in [0.4, 0.5) is 0 Å². The van der Waals surface area contributed by atoms with Crippen molar-refractivity contribution >= 4 is 16.0 Å². The van der Waals surface area contributed by atoms with Crippen LogP contribution in [0, 0.1) is 0 Å². The number of ether oxygens (including phenoxy) is 1. The van der Waals surface area contributed by atoms with Crippen LogP contribution in [0.5, 0.6) is 5.75 Å². The van der Waals surface area contributed by atoms with E-state index < -0.39 is 28.1 Å². The molecule has 112 valence electrons. The smallest absolute Gasteiger partial charge is 0.336 e. The fraction of sp³-hybridized carbons (Fsp3) is 0.417. The molecule has 1 aromatic rings. The third-order valence-corrected chi connectivity index (χ3v) is 3.93. The molecule has 1 aromatic carbocycles. The van der Waals surface area contributed by atoms with E-state index in [1.54, 1.807) is 6.92 Å². The molecule has 1 unspecified atom stereocenters. The van der Waals surface area contributed by atoms with Crippen molar-refractivity contribution in [3.8, 4) is 5.75 Å². The van der Waals surface area contributed by atoms with Crippen molar-refractivity contribution in [3.05, 3.63) is 24.3 Å². The molecule has 0 amide bonds. The van der Waals surface area contributed by atoms with Crippen molar-refractivity contribution in [2.45, 2.75) is 24.3 Å². The zero-order valence-electron chi connectivity index (χ0n) is 11.2. The maximum Gasteiger partial charge on any atom is 0.336 e. The standard InChI is InChI=1S/C12H17NO6S/c1-3-19-9-4-6-10(7-5-9)20(17,18)13-8-12(2,16)11(14)15/h4-7,13,16H,3,8H2,1-2H3,(H,14,15). The van der Waals surface area contributed by atoms with Gasteiger partial charge in [-0.25, -0.2) is 17.9 Å². The molecule has 0 aliphatic rings. The predicted octanol–water partition coefficient (Wildman–Crippen LogP) is 0.199. The summed E-state index contributed by atoms with van der Waals surface area (Å²) in [5, 5.41) is 18.2. The largest absolute Gasteiger partial charge is 0.494 e. The van der Waals surface area contributed by atoms with Crippen molar-refractivity contribution < 1.29 is 28.2 Å². The Morgan fingerprint density at radius 1 is 1.35 bits per heavy atom. The van der Waals surface area contributed by atoms with Gasteiger partial charge < -0.3 is 14.9 Å². The topological polar surface area (TPSA) is 113 Å². The van der Waals surface area contributed by atoms with E-state index in [9.17, 15) is 18.3 Å². The summed E-state index contributed by atoms with van der Waals surface area (Å²) in [6, 6.07) is 5.66. The Morgan fingerprint density at radius 2 is 1.90 bits per heavy atom. The van der Waals surface area contributed by atoms with E-state index in [1.165, 1.54) is 24.3 Å². The maximum absolute atomic E-state index is 11.9. The van der Waals surface area contributed by atoms with Crippen LogP contribution in [0.25, 0.3) is 0 Å². The minimum absolute atomic E-state index is 0.0397. The highest BCUT2D eigenvalue weighted by Gasteiger charge is 2.31. The number of benzene rings is 1. The summed E-state index contributed by atoms with van der Waals surface area (Å²) < 4.78 is 31.1. The van der Waals surface area contributed by atoms with E-state index in [0.717, 1.165) is 6.92 Å². The zero-order chi connectivity index (χ0) is 15.4. The number of hydrogen-bond donors (Lipinski definition) is 3. The summed E-state index contributed by atoms with van der Waals surface area (Å²) in [6.45, 7) is 2.65. The van der Waals surface area contributed by atoms with Gasteiger partial charge in [0.15, 0.2) is 5.60 Å². The molecule has 7 nitrogen and oxygen atoms in total. The van der Waals surface area contributed by atoms with Crippen LogP contribution in [0.1, 0.15) is 13.8 Å². The van der Waals surface area contributed by atoms with Gasteiger partial charge in [-0.1, -0.05) is 0 Å². The predicted molar refractivity (Wildman–Crippen MR) is 71.1 cm³/mol. The Labute approximate surface area is 117 Å². The van der Waals surface area contributed by atoms with Crippen molar-refractivity contribution in [1.82, 2.24) is 4.72 Å². The molecule has 20 heavy (non-hydrogen) atoms. The third-order valence-electron chi connectivity index (χ3n) is 2.51. The highest BCUT2D eigenvalue weighted by molar-refractivity contribution is 7.89. The van der Waals surface area contributed by atoms with Crippen molar-refractivity contribution in [1.29, 1.82) is 0 Å². The molecule has 0 saturated heterocycles. The van der Waals surface area contributed by atoms with E-state index in [1.807, 2.05) is 4.72 Å². The number of carboxylic acids is 1. The maximum atomic E-state index is 11.9. The van der Waals surface area contributed by atoms with Crippen LogP contribution >= 0.6 is 0 Å². The van der Waals surface area contributed by atoms with E-state index in [0.29, 0.717) is 12.4 Å². The lowest BCUT2D eigenvalue weighted by molar-refractivity contribution is -0.155. The first kappa shape index (κ1) is 16.4. The van der Waals surface area contributed by atoms with Crippen LogP contribution < -0.4 is 9.46 Å². The van der Waals surface area contributed by atoms with Gasteiger partial charge in [-0.2, -0.15) is 0 Å². The number of aliphatic hydroxyl groups is 1. The average molecular weight is 303 g/mol. The van der Waals surface area contributed by atoms with E-state index in [2.05, 4.69) is 0 Å². The van der Waals surface area contributed by atoms with E-state index in [4.69, 9.17) is 9.84 Å². The first-order chi connectivity index (χ1) is 9.19. The monoisotopic (exact) mass is 303 g/mol. The lowest BCUT2D eigenvalue weighted by Crippen LogP contribution is -2.46. The number of hydrogen-bond acceptors (Lipinski definition) is 5. The fourth-order valence-electron chi connectivity index (χ4n) is 1.28. The summed E-state index contributed by atoms with van der Waals surface area (Å²) in [4.78, 5) is 10.6. The molecular weight excluding hydrogens is 286 g/mol. The summed E-state index contributed by atoms with van der Waals surface area (Å²) in [5.74, 6) is -0.976. The Balaban J connectivity index is 2.81. The van der Waals surface area contributed by atoms with Crippen molar-refractivity contribution in [2.75, 3.05) is 13.2 Å². The van der Waals surface area contributed by atoms with Crippen molar-refractivity contribution in [3.63, 3.8) is 0 Å². The quantitative estimate of drug-likeness (QED) is 0.663. The molecule has 0 spiro atoms. The van der Waals surface area contributed by atoms with Crippen LogP contribution in [-0.2, 0) is 14.8 Å². The molecule has 0 bridgehead atoms. The number of sulfonamides is 1. The van der Waals surface area contributed by atoms with Gasteiger partial charge in [0.2, 0.25) is 10.0 Å². The number of nitrogens with one attached hydrogen (secondary N) is 1. The normalized spacial score (nSPS) is 14.6. The summed E-state index contributed by atoms with van der Waals surface area (Å²) in [6.07, 6.45) is 0. The van der Waals surface area contributed by atoms with Gasteiger partial charge >= 0.3 is 5.97 Å². The molecule has 3 N–H and O–H groups in total. The Hall–Kier alpha value is -1.64. The summed E-state index contributed by atoms with van der Waals surface area (Å²) >= 11 is 0. The molecule has 1 rings (SSSR count). The van der Waals surface area contributed by atoms with E-state index >= 15 is 0 Å². The number of carbonyl (C=O) groups is 1. The van der Waals surface area contributed by atoms with Crippen LogP contribution in [0.3, 0.4) is 0 Å². The van der Waals surface area contributed by atoms with Gasteiger partial charge in [-0.15, -0.1) is 0 Å². The SMILES string of the molecule is CCOc1ccc(S(=O)(=O)NCC(C)(O)C(=O)O)cc1. The molecule has 8 heteroatoms. The molecule has 0 saturated carbocycles. The Morgan fingerprint density at radius 3 is 2.35 bits per heavy atom. The molecular formula is C12H17NO6S. The number of rotatable bonds is 7. The second kappa shape index (κ2) is 6.21. The number of carboxylic acid groups (broad SMARTS) is 1. The highest BCUT2D eigenvalue weighted by atomic mass is 32.2. The zero-order valence-corrected chi connectivity index (χ0v) is 12.0. The van der Waals surface area contributed by atoms with Crippen molar-refractivity contribution in [2.24, 2.45) is 0 Å². The van der Waals surface area contributed by atoms with Crippen LogP contribution in [-0.4, -0.2) is 43.4 Å². The van der Waals surface area contributed by atoms with Gasteiger partial charge in [-0.05, 0) is 38.1 Å². The van der Waals surface area contributed by atoms with Gasteiger partial charge in [0.25, 0.3) is 0 Å². The second-order valence-corrected chi connectivity index (χ2v) is 6.07. The van der Waals surface area contributed by atoms with Gasteiger partial charge in [-0.3, -0.25) is 0 Å². The fourth-order valence-corrected chi connectivity index (χ4v) is 2.41. The molecule has 1 atom stereocenters. The Bertz CT molecular complexity index is 564. The second-order valence-electron chi connectivity index (χ2n) is 4.31. The molecule has 0 aliphatic heterocycles. The lowest BCUT2D eigenvalue weighted by Gasteiger charge is -2.18. The van der Waals surface area contributed by atoms with Crippen LogP contribution in [0.15, 0.2) is 29.2 Å². The summed E-state index contributed by atoms with van der Waals surface area (Å²) in [5.41, 5.74) is -2.17. The Kier molecular flexibility index (Phi) is 5.09. The lowest BCUT2D eigenvalue weighted by atomic mass is 10.1. The minimum atomic E-state index is -3.89. The molecule has 0 heterocycles. The first-order valence-corrected chi connectivity index (χ1v) is 7.35. The van der Waals surface area contributed by atoms with Gasteiger partial charge in [0, 0.05) is 0 Å². The summed E-state index contributed by atoms with van der Waals surface area (Å²) in [7, 11) is -3.89. The molecule has 0 radical (unpaired) electrons. The molecule has 0 aliphatic carbocycles. The van der Waals surface area contributed by atoms with Gasteiger partial charge in [0.1, 0.15) is 5.75 Å². The van der Waals surface area contributed by atoms with Crippen LogP contribution in [0.2, 0.25) is 0 Å². The number of aliphatic carboxylic acids is 1. The van der Waals surface area contributed by atoms with Gasteiger partial charge in [0.05, 0.1) is 18.0 Å².